The third-order valence-electron chi connectivity index (χ3n) is 1.88. The molecule has 0 aliphatic heterocycles. The summed E-state index contributed by atoms with van der Waals surface area (Å²) in [6, 6.07) is 0. The zero-order valence-electron chi connectivity index (χ0n) is 8.52. The normalized spacial score (nSPS) is 10.8. The number of hydrogen-bond acceptors (Lipinski definition) is 3. The minimum absolute atomic E-state index is 0.0143. The minimum atomic E-state index is -0.645. The molecule has 0 rings (SSSR count). The van der Waals surface area contributed by atoms with E-state index in [0.717, 1.165) is 0 Å². The molecule has 0 bridgehead atoms. The Hall–Kier alpha value is -1.10. The second-order valence-corrected chi connectivity index (χ2v) is 3.23. The predicted octanol–water partition coefficient (Wildman–Crippen LogP) is -1.15. The first-order valence-electron chi connectivity index (χ1n) is 4.12. The summed E-state index contributed by atoms with van der Waals surface area (Å²) in [5.41, 5.74) is -0.645. The summed E-state index contributed by atoms with van der Waals surface area (Å²) in [5, 5.41) is 7.77. The van der Waals surface area contributed by atoms with Crippen molar-refractivity contribution >= 4 is 11.8 Å². The van der Waals surface area contributed by atoms with E-state index in [1.165, 1.54) is 7.05 Å². The highest BCUT2D eigenvalue weighted by Gasteiger charge is 2.24. The maximum atomic E-state index is 11.4. The van der Waals surface area contributed by atoms with Gasteiger partial charge < -0.3 is 16.0 Å². The van der Waals surface area contributed by atoms with E-state index >= 15 is 0 Å². The highest BCUT2D eigenvalue weighted by atomic mass is 16.2. The smallest absolute Gasteiger partial charge is 0.240 e. The van der Waals surface area contributed by atoms with Gasteiger partial charge in [0, 0.05) is 7.05 Å². The van der Waals surface area contributed by atoms with Crippen molar-refractivity contribution in [3.63, 3.8) is 0 Å². The molecule has 2 amide bonds. The summed E-state index contributed by atoms with van der Waals surface area (Å²) in [6.45, 7) is 3.50. The third kappa shape index (κ3) is 3.89. The fraction of sp³-hybridized carbons (Fsp3) is 0.750. The minimum Gasteiger partial charge on any atom is -0.358 e. The Labute approximate surface area is 78.3 Å². The molecule has 0 aromatic rings. The zero-order valence-corrected chi connectivity index (χ0v) is 8.52. The standard InChI is InChI=1S/C8H17N3O2/c1-8(2,10-4)7(13)11-5-6(12)9-3/h10H,5H2,1-4H3,(H,9,12)(H,11,13). The molecule has 0 saturated carbocycles. The van der Waals surface area contributed by atoms with E-state index in [2.05, 4.69) is 16.0 Å². The Kier molecular flexibility index (Phi) is 4.40. The van der Waals surface area contributed by atoms with Gasteiger partial charge in [0.2, 0.25) is 11.8 Å². The number of carbonyl (C=O) groups excluding carboxylic acids is 2. The van der Waals surface area contributed by atoms with Crippen molar-refractivity contribution in [2.24, 2.45) is 0 Å². The van der Waals surface area contributed by atoms with Crippen LogP contribution in [-0.2, 0) is 9.59 Å². The first-order valence-corrected chi connectivity index (χ1v) is 4.12. The van der Waals surface area contributed by atoms with Crippen molar-refractivity contribution in [3.8, 4) is 0 Å². The van der Waals surface area contributed by atoms with Crippen LogP contribution in [0.15, 0.2) is 0 Å². The molecule has 0 fully saturated rings. The van der Waals surface area contributed by atoms with Gasteiger partial charge in [-0.05, 0) is 20.9 Å². The van der Waals surface area contributed by atoms with Crippen molar-refractivity contribution in [1.82, 2.24) is 16.0 Å². The monoisotopic (exact) mass is 187 g/mol. The molecular formula is C8H17N3O2. The van der Waals surface area contributed by atoms with Gasteiger partial charge in [0.05, 0.1) is 12.1 Å². The van der Waals surface area contributed by atoms with E-state index in [9.17, 15) is 9.59 Å². The Morgan fingerprint density at radius 3 is 2.15 bits per heavy atom. The van der Waals surface area contributed by atoms with Crippen LogP contribution in [0, 0.1) is 0 Å². The van der Waals surface area contributed by atoms with Crippen LogP contribution in [0.2, 0.25) is 0 Å². The molecule has 5 heteroatoms. The molecule has 0 heterocycles. The van der Waals surface area contributed by atoms with E-state index < -0.39 is 5.54 Å². The van der Waals surface area contributed by atoms with Crippen LogP contribution in [0.4, 0.5) is 0 Å². The van der Waals surface area contributed by atoms with E-state index in [-0.39, 0.29) is 18.4 Å². The molecule has 3 N–H and O–H groups in total. The van der Waals surface area contributed by atoms with Gasteiger partial charge in [0.25, 0.3) is 0 Å². The average Bonchev–Trinajstić information content (AvgIpc) is 2.13. The summed E-state index contributed by atoms with van der Waals surface area (Å²) in [7, 11) is 3.22. The molecule has 13 heavy (non-hydrogen) atoms. The first kappa shape index (κ1) is 11.9. The maximum absolute atomic E-state index is 11.4. The molecule has 0 aromatic heterocycles. The number of nitrogens with one attached hydrogen (secondary N) is 3. The SMILES string of the molecule is CNC(=O)CNC(=O)C(C)(C)NC. The predicted molar refractivity (Wildman–Crippen MR) is 50.2 cm³/mol. The number of hydrogen-bond donors (Lipinski definition) is 3. The first-order chi connectivity index (χ1) is 5.94. The van der Waals surface area contributed by atoms with E-state index in [1.807, 2.05) is 0 Å². The van der Waals surface area contributed by atoms with Crippen LogP contribution < -0.4 is 16.0 Å². The topological polar surface area (TPSA) is 70.2 Å². The highest BCUT2D eigenvalue weighted by Crippen LogP contribution is 1.99. The Bertz CT molecular complexity index is 202. The molecule has 0 saturated heterocycles. The van der Waals surface area contributed by atoms with Crippen LogP contribution in [-0.4, -0.2) is 38.0 Å². The van der Waals surface area contributed by atoms with E-state index in [0.29, 0.717) is 0 Å². The van der Waals surface area contributed by atoms with Crippen molar-refractivity contribution < 1.29 is 9.59 Å². The molecule has 0 aliphatic carbocycles. The molecule has 0 spiro atoms. The quantitative estimate of drug-likeness (QED) is 0.520. The summed E-state index contributed by atoms with van der Waals surface area (Å²) < 4.78 is 0. The van der Waals surface area contributed by atoms with Crippen LogP contribution in [0.5, 0.6) is 0 Å². The van der Waals surface area contributed by atoms with Crippen LogP contribution in [0.3, 0.4) is 0 Å². The van der Waals surface area contributed by atoms with Gasteiger partial charge >= 0.3 is 0 Å². The van der Waals surface area contributed by atoms with Crippen molar-refractivity contribution in [2.75, 3.05) is 20.6 Å². The van der Waals surface area contributed by atoms with Crippen molar-refractivity contribution in [3.05, 3.63) is 0 Å². The largest absolute Gasteiger partial charge is 0.358 e. The van der Waals surface area contributed by atoms with Crippen LogP contribution >= 0.6 is 0 Å². The Balaban J connectivity index is 3.95. The molecule has 0 aromatic carbocycles. The molecular weight excluding hydrogens is 170 g/mol. The molecule has 5 nitrogen and oxygen atoms in total. The second kappa shape index (κ2) is 4.81. The molecule has 0 unspecified atom stereocenters. The average molecular weight is 187 g/mol. The van der Waals surface area contributed by atoms with Gasteiger partial charge in [0.1, 0.15) is 0 Å². The van der Waals surface area contributed by atoms with Crippen LogP contribution in [0.25, 0.3) is 0 Å². The zero-order chi connectivity index (χ0) is 10.5. The van der Waals surface area contributed by atoms with Crippen LogP contribution in [0.1, 0.15) is 13.8 Å². The Morgan fingerprint density at radius 1 is 1.23 bits per heavy atom. The lowest BCUT2D eigenvalue weighted by molar-refractivity contribution is -0.129. The molecule has 0 radical (unpaired) electrons. The van der Waals surface area contributed by atoms with Gasteiger partial charge in [-0.2, -0.15) is 0 Å². The summed E-state index contributed by atoms with van der Waals surface area (Å²) in [4.78, 5) is 22.1. The fourth-order valence-electron chi connectivity index (χ4n) is 0.583. The lowest BCUT2D eigenvalue weighted by atomic mass is 10.1. The third-order valence-corrected chi connectivity index (χ3v) is 1.88. The molecule has 0 atom stereocenters. The summed E-state index contributed by atoms with van der Waals surface area (Å²) >= 11 is 0. The van der Waals surface area contributed by atoms with E-state index in [1.54, 1.807) is 20.9 Å². The maximum Gasteiger partial charge on any atom is 0.240 e. The van der Waals surface area contributed by atoms with Gasteiger partial charge in [-0.3, -0.25) is 9.59 Å². The molecule has 76 valence electrons. The van der Waals surface area contributed by atoms with E-state index in [4.69, 9.17) is 0 Å². The van der Waals surface area contributed by atoms with Gasteiger partial charge in [-0.25, -0.2) is 0 Å². The lowest BCUT2D eigenvalue weighted by Crippen LogP contribution is -2.52. The van der Waals surface area contributed by atoms with Crippen molar-refractivity contribution in [2.45, 2.75) is 19.4 Å². The van der Waals surface area contributed by atoms with Crippen molar-refractivity contribution in [1.29, 1.82) is 0 Å². The molecule has 0 aliphatic rings. The van der Waals surface area contributed by atoms with Gasteiger partial charge in [-0.15, -0.1) is 0 Å². The summed E-state index contributed by atoms with van der Waals surface area (Å²) in [5.74, 6) is -0.404. The number of rotatable bonds is 4. The fourth-order valence-corrected chi connectivity index (χ4v) is 0.583. The Morgan fingerprint density at radius 2 is 1.77 bits per heavy atom. The number of likely N-dealkylation sites (N-methyl/N-ethyl adjacent to an activating group) is 2. The lowest BCUT2D eigenvalue weighted by Gasteiger charge is -2.22. The highest BCUT2D eigenvalue weighted by molar-refractivity contribution is 5.89. The second-order valence-electron chi connectivity index (χ2n) is 3.23. The number of amides is 2. The van der Waals surface area contributed by atoms with Gasteiger partial charge in [0.15, 0.2) is 0 Å². The van der Waals surface area contributed by atoms with Gasteiger partial charge in [-0.1, -0.05) is 0 Å². The number of carbonyl (C=O) groups is 2. The summed E-state index contributed by atoms with van der Waals surface area (Å²) in [6.07, 6.45) is 0.